The van der Waals surface area contributed by atoms with Gasteiger partial charge in [-0.1, -0.05) is 12.6 Å². The molecule has 0 spiro atoms. The Morgan fingerprint density at radius 2 is 2.29 bits per heavy atom. The van der Waals surface area contributed by atoms with Crippen molar-refractivity contribution in [1.29, 1.82) is 0 Å². The fraction of sp³-hybridized carbons (Fsp3) is 0.167. The van der Waals surface area contributed by atoms with Gasteiger partial charge in [-0.15, -0.1) is 0 Å². The van der Waals surface area contributed by atoms with Crippen molar-refractivity contribution < 1.29 is 4.39 Å². The van der Waals surface area contributed by atoms with E-state index in [-0.39, 0.29) is 5.56 Å². The lowest BCUT2D eigenvalue weighted by Gasteiger charge is -2.08. The molecule has 0 saturated carbocycles. The zero-order valence-corrected chi connectivity index (χ0v) is 15.2. The SMILES string of the molecule is C=C(C=N/C=C(\C)F)c1nc(NCCc2ccc(=O)[nH]c2)c2ncn(N)c2n1. The van der Waals surface area contributed by atoms with Gasteiger partial charge in [-0.25, -0.2) is 24.0 Å². The van der Waals surface area contributed by atoms with Crippen LogP contribution in [0, 0.1) is 0 Å². The normalized spacial score (nSPS) is 12.0. The number of anilines is 1. The fourth-order valence-corrected chi connectivity index (χ4v) is 2.39. The Labute approximate surface area is 159 Å². The average Bonchev–Trinajstić information content (AvgIpc) is 3.04. The molecule has 28 heavy (non-hydrogen) atoms. The van der Waals surface area contributed by atoms with Crippen molar-refractivity contribution in [3.63, 3.8) is 0 Å². The van der Waals surface area contributed by atoms with Gasteiger partial charge < -0.3 is 16.1 Å². The number of nitrogen functional groups attached to an aromatic ring is 1. The highest BCUT2D eigenvalue weighted by Gasteiger charge is 2.13. The predicted molar refractivity (Wildman–Crippen MR) is 107 cm³/mol. The third-order valence-electron chi connectivity index (χ3n) is 3.75. The van der Waals surface area contributed by atoms with Crippen LogP contribution in [-0.4, -0.2) is 37.4 Å². The second-order valence-corrected chi connectivity index (χ2v) is 5.98. The van der Waals surface area contributed by atoms with Crippen molar-refractivity contribution in [2.45, 2.75) is 13.3 Å². The number of fused-ring (bicyclic) bond motifs is 1. The monoisotopic (exact) mass is 382 g/mol. The maximum Gasteiger partial charge on any atom is 0.247 e. The van der Waals surface area contributed by atoms with E-state index in [1.165, 1.54) is 30.2 Å². The van der Waals surface area contributed by atoms with Crippen molar-refractivity contribution >= 4 is 28.8 Å². The molecule has 0 saturated heterocycles. The summed E-state index contributed by atoms with van der Waals surface area (Å²) in [6.45, 7) is 5.69. The van der Waals surface area contributed by atoms with Crippen LogP contribution in [-0.2, 0) is 6.42 Å². The zero-order chi connectivity index (χ0) is 20.1. The van der Waals surface area contributed by atoms with Crippen molar-refractivity contribution in [1.82, 2.24) is 24.6 Å². The average molecular weight is 382 g/mol. The van der Waals surface area contributed by atoms with Gasteiger partial charge in [-0.3, -0.25) is 9.79 Å². The van der Waals surface area contributed by atoms with E-state index in [0.29, 0.717) is 41.3 Å². The van der Waals surface area contributed by atoms with Crippen LogP contribution in [0.5, 0.6) is 0 Å². The van der Waals surface area contributed by atoms with Gasteiger partial charge >= 0.3 is 0 Å². The maximum absolute atomic E-state index is 12.8. The number of hydrogen-bond donors (Lipinski definition) is 3. The summed E-state index contributed by atoms with van der Waals surface area (Å²) in [4.78, 5) is 30.6. The van der Waals surface area contributed by atoms with E-state index in [1.54, 1.807) is 12.3 Å². The Balaban J connectivity index is 1.83. The molecule has 0 aliphatic heterocycles. The minimum atomic E-state index is -0.426. The zero-order valence-electron chi connectivity index (χ0n) is 15.2. The smallest absolute Gasteiger partial charge is 0.247 e. The summed E-state index contributed by atoms with van der Waals surface area (Å²) in [5, 5.41) is 3.20. The van der Waals surface area contributed by atoms with Gasteiger partial charge in [-0.05, 0) is 18.9 Å². The Morgan fingerprint density at radius 3 is 3.00 bits per heavy atom. The molecule has 144 valence electrons. The molecule has 0 atom stereocenters. The van der Waals surface area contributed by atoms with E-state index in [9.17, 15) is 9.18 Å². The minimum absolute atomic E-state index is 0.148. The number of pyridine rings is 1. The van der Waals surface area contributed by atoms with E-state index in [4.69, 9.17) is 5.84 Å². The van der Waals surface area contributed by atoms with E-state index in [0.717, 1.165) is 11.8 Å². The number of nitrogens with one attached hydrogen (secondary N) is 2. The number of aromatic nitrogens is 5. The molecule has 0 unspecified atom stereocenters. The summed E-state index contributed by atoms with van der Waals surface area (Å²) in [6.07, 6.45) is 6.19. The van der Waals surface area contributed by atoms with Crippen LogP contribution in [0.3, 0.4) is 0 Å². The van der Waals surface area contributed by atoms with E-state index in [1.807, 2.05) is 0 Å². The first kappa shape index (κ1) is 19.0. The number of aromatic amines is 1. The summed E-state index contributed by atoms with van der Waals surface area (Å²) in [5.74, 6) is 6.22. The minimum Gasteiger partial charge on any atom is -0.368 e. The van der Waals surface area contributed by atoms with Crippen LogP contribution in [0.4, 0.5) is 10.2 Å². The lowest BCUT2D eigenvalue weighted by atomic mass is 10.2. The Hall–Kier alpha value is -3.82. The molecule has 10 heteroatoms. The summed E-state index contributed by atoms with van der Waals surface area (Å²) < 4.78 is 14.0. The molecule has 0 aliphatic rings. The molecule has 0 radical (unpaired) electrons. The number of hydrogen-bond acceptors (Lipinski definition) is 7. The lowest BCUT2D eigenvalue weighted by Crippen LogP contribution is -2.12. The quantitative estimate of drug-likeness (QED) is 0.422. The van der Waals surface area contributed by atoms with Crippen molar-refractivity contribution in [3.05, 3.63) is 65.0 Å². The molecule has 0 aliphatic carbocycles. The molecule has 3 rings (SSSR count). The highest BCUT2D eigenvalue weighted by Crippen LogP contribution is 2.20. The highest BCUT2D eigenvalue weighted by atomic mass is 19.1. The Kier molecular flexibility index (Phi) is 5.58. The van der Waals surface area contributed by atoms with Crippen molar-refractivity contribution in [3.8, 4) is 0 Å². The summed E-state index contributed by atoms with van der Waals surface area (Å²) in [6, 6.07) is 3.23. The fourth-order valence-electron chi connectivity index (χ4n) is 2.39. The van der Waals surface area contributed by atoms with Crippen LogP contribution in [0.2, 0.25) is 0 Å². The van der Waals surface area contributed by atoms with Crippen LogP contribution in [0.1, 0.15) is 18.3 Å². The molecular weight excluding hydrogens is 363 g/mol. The van der Waals surface area contributed by atoms with Gasteiger partial charge in [0, 0.05) is 30.6 Å². The van der Waals surface area contributed by atoms with Crippen molar-refractivity contribution in [2.75, 3.05) is 17.7 Å². The topological polar surface area (TPSA) is 127 Å². The summed E-state index contributed by atoms with van der Waals surface area (Å²) in [5.41, 5.74) is 2.14. The third kappa shape index (κ3) is 4.47. The Bertz CT molecular complexity index is 1100. The van der Waals surface area contributed by atoms with Crippen LogP contribution in [0.15, 0.2) is 53.0 Å². The molecule has 0 amide bonds. The number of H-pyrrole nitrogens is 1. The molecule has 3 aromatic rings. The number of aliphatic imine (C=N–C) groups is 1. The second kappa shape index (κ2) is 8.25. The van der Waals surface area contributed by atoms with Gasteiger partial charge in [0.1, 0.15) is 12.2 Å². The molecular formula is C18H19FN8O. The number of imidazole rings is 1. The van der Waals surface area contributed by atoms with Crippen LogP contribution < -0.4 is 16.7 Å². The number of nitrogens with two attached hydrogens (primary N) is 1. The highest BCUT2D eigenvalue weighted by molar-refractivity contribution is 6.08. The summed E-state index contributed by atoms with van der Waals surface area (Å²) >= 11 is 0. The number of halogens is 1. The third-order valence-corrected chi connectivity index (χ3v) is 3.75. The van der Waals surface area contributed by atoms with Crippen molar-refractivity contribution in [2.24, 2.45) is 4.99 Å². The van der Waals surface area contributed by atoms with E-state index in [2.05, 4.69) is 36.8 Å². The maximum atomic E-state index is 12.8. The molecule has 3 aromatic heterocycles. The van der Waals surface area contributed by atoms with Gasteiger partial charge in [-0.2, -0.15) is 0 Å². The van der Waals surface area contributed by atoms with E-state index >= 15 is 0 Å². The van der Waals surface area contributed by atoms with Crippen LogP contribution in [0.25, 0.3) is 16.7 Å². The number of nitrogens with zero attached hydrogens (tertiary/aromatic N) is 5. The molecule has 9 nitrogen and oxygen atoms in total. The number of allylic oxidation sites excluding steroid dienone is 2. The molecule has 0 bridgehead atoms. The first-order valence-corrected chi connectivity index (χ1v) is 8.40. The standard InChI is InChI=1S/C18H19FN8O/c1-11(7-21-8-12(2)19)16-25-17(15-18(26-16)27(20)10-24-15)22-6-5-13-3-4-14(28)23-9-13/h3-4,7-10H,1,5-6,20H2,2H3,(H,23,28)(H,22,25,26)/b12-8+,21-7?. The van der Waals surface area contributed by atoms with Gasteiger partial charge in [0.2, 0.25) is 5.56 Å². The first-order valence-electron chi connectivity index (χ1n) is 8.40. The lowest BCUT2D eigenvalue weighted by molar-refractivity contribution is 0.637. The van der Waals surface area contributed by atoms with Gasteiger partial charge in [0.05, 0.1) is 6.20 Å². The van der Waals surface area contributed by atoms with Crippen LogP contribution >= 0.6 is 0 Å². The molecule has 0 fully saturated rings. The Morgan fingerprint density at radius 1 is 1.46 bits per heavy atom. The summed E-state index contributed by atoms with van der Waals surface area (Å²) in [7, 11) is 0. The van der Waals surface area contributed by atoms with E-state index < -0.39 is 5.83 Å². The predicted octanol–water partition coefficient (Wildman–Crippen LogP) is 1.80. The molecule has 4 N–H and O–H groups in total. The first-order chi connectivity index (χ1) is 13.4. The number of rotatable bonds is 7. The second-order valence-electron chi connectivity index (χ2n) is 5.98. The largest absolute Gasteiger partial charge is 0.368 e. The van der Waals surface area contributed by atoms with Gasteiger partial charge in [0.15, 0.2) is 22.8 Å². The van der Waals surface area contributed by atoms with Gasteiger partial charge in [0.25, 0.3) is 0 Å². The molecule has 3 heterocycles. The molecule has 0 aromatic carbocycles.